The summed E-state index contributed by atoms with van der Waals surface area (Å²) in [4.78, 5) is 42.1. The highest BCUT2D eigenvalue weighted by molar-refractivity contribution is 5.98. The van der Waals surface area contributed by atoms with E-state index in [4.69, 9.17) is 9.47 Å². The van der Waals surface area contributed by atoms with Crippen molar-refractivity contribution in [2.24, 2.45) is 0 Å². The highest BCUT2D eigenvalue weighted by Crippen LogP contribution is 2.31. The number of amides is 4. The number of rotatable bonds is 8. The second-order valence-corrected chi connectivity index (χ2v) is 8.49. The summed E-state index contributed by atoms with van der Waals surface area (Å²) >= 11 is 0. The first-order valence-corrected chi connectivity index (χ1v) is 11.6. The van der Waals surface area contributed by atoms with E-state index in [-0.39, 0.29) is 12.5 Å². The van der Waals surface area contributed by atoms with Crippen molar-refractivity contribution < 1.29 is 23.9 Å². The molecule has 0 bridgehead atoms. The molecule has 186 valence electrons. The van der Waals surface area contributed by atoms with E-state index in [2.05, 4.69) is 15.6 Å². The summed E-state index contributed by atoms with van der Waals surface area (Å²) in [5.74, 6) is 1.73. The van der Waals surface area contributed by atoms with Crippen LogP contribution in [0.2, 0.25) is 0 Å². The van der Waals surface area contributed by atoms with Gasteiger partial charge in [-0.1, -0.05) is 30.3 Å². The molecule has 0 fully saturated rings. The highest BCUT2D eigenvalue weighted by atomic mass is 16.5. The number of nitrogens with one attached hydrogen (secondary N) is 2. The van der Waals surface area contributed by atoms with Crippen molar-refractivity contribution in [3.05, 3.63) is 95.7 Å². The molecule has 4 aromatic rings. The minimum Gasteiger partial charge on any atom is -0.497 e. The van der Waals surface area contributed by atoms with Gasteiger partial charge in [0.05, 0.1) is 18.7 Å². The van der Waals surface area contributed by atoms with E-state index >= 15 is 0 Å². The molecule has 3 aromatic carbocycles. The van der Waals surface area contributed by atoms with E-state index in [9.17, 15) is 14.4 Å². The molecule has 5 rings (SSSR count). The summed E-state index contributed by atoms with van der Waals surface area (Å²) in [5.41, 5.74) is 3.03. The molecule has 0 unspecified atom stereocenters. The number of methoxy groups -OCH3 is 1. The number of fused-ring (bicyclic) bond motifs is 2. The van der Waals surface area contributed by atoms with Gasteiger partial charge in [-0.3, -0.25) is 19.9 Å². The first-order valence-electron chi connectivity index (χ1n) is 11.6. The Morgan fingerprint density at radius 3 is 2.65 bits per heavy atom. The molecule has 1 aliphatic heterocycles. The number of imide groups is 1. The van der Waals surface area contributed by atoms with E-state index in [1.54, 1.807) is 42.5 Å². The summed E-state index contributed by atoms with van der Waals surface area (Å²) in [6, 6.07) is 20.9. The average Bonchev–Trinajstić information content (AvgIpc) is 3.23. The van der Waals surface area contributed by atoms with Gasteiger partial charge < -0.3 is 19.7 Å². The molecular weight excluding hydrogens is 472 g/mol. The zero-order valence-corrected chi connectivity index (χ0v) is 20.0. The fourth-order valence-electron chi connectivity index (χ4n) is 4.38. The molecule has 2 heterocycles. The van der Waals surface area contributed by atoms with Crippen LogP contribution in [-0.2, 0) is 11.3 Å². The largest absolute Gasteiger partial charge is 0.497 e. The van der Waals surface area contributed by atoms with Gasteiger partial charge in [0.25, 0.3) is 5.91 Å². The predicted octanol–water partition coefficient (Wildman–Crippen LogP) is 4.19. The van der Waals surface area contributed by atoms with Crippen molar-refractivity contribution in [2.45, 2.75) is 12.6 Å². The van der Waals surface area contributed by atoms with Gasteiger partial charge in [-0.2, -0.15) is 0 Å². The number of urea groups is 1. The molecule has 9 nitrogen and oxygen atoms in total. The molecule has 2 N–H and O–H groups in total. The van der Waals surface area contributed by atoms with Crippen LogP contribution in [0, 0.1) is 0 Å². The summed E-state index contributed by atoms with van der Waals surface area (Å²) in [7, 11) is 1.55. The fraction of sp³-hybridized carbons (Fsp3) is 0.143. The lowest BCUT2D eigenvalue weighted by atomic mass is 10.1. The predicted molar refractivity (Wildman–Crippen MR) is 136 cm³/mol. The third-order valence-corrected chi connectivity index (χ3v) is 6.21. The molecule has 0 aliphatic carbocycles. The van der Waals surface area contributed by atoms with E-state index in [0.717, 1.165) is 22.0 Å². The van der Waals surface area contributed by atoms with Gasteiger partial charge in [-0.05, 0) is 53.6 Å². The second-order valence-electron chi connectivity index (χ2n) is 8.49. The van der Waals surface area contributed by atoms with Crippen molar-refractivity contribution in [1.29, 1.82) is 0 Å². The number of ether oxygens (including phenoxy) is 2. The third-order valence-electron chi connectivity index (χ3n) is 6.21. The van der Waals surface area contributed by atoms with Crippen LogP contribution in [0.15, 0.2) is 79.0 Å². The molecule has 1 aliphatic rings. The van der Waals surface area contributed by atoms with E-state index in [0.29, 0.717) is 35.8 Å². The minimum absolute atomic E-state index is 0.152. The lowest BCUT2D eigenvalue weighted by Gasteiger charge is -2.25. The number of aromatic nitrogens is 1. The fourth-order valence-corrected chi connectivity index (χ4v) is 4.38. The SMILES string of the molecule is COc1ccc2c(c1)C(=O)N(C[C@H](NC(=O)NC=O)c1ccc(Oc3ccnc4ccccc34)cc1)C2. The van der Waals surface area contributed by atoms with Crippen LogP contribution in [0.4, 0.5) is 4.79 Å². The summed E-state index contributed by atoms with van der Waals surface area (Å²) in [6.07, 6.45) is 2.00. The molecule has 1 atom stereocenters. The van der Waals surface area contributed by atoms with Crippen molar-refractivity contribution >= 4 is 29.3 Å². The molecule has 4 amide bonds. The van der Waals surface area contributed by atoms with Gasteiger partial charge in [-0.25, -0.2) is 4.79 Å². The number of carbonyl (C=O) groups is 3. The van der Waals surface area contributed by atoms with Crippen molar-refractivity contribution in [3.8, 4) is 17.2 Å². The number of hydrogen-bond acceptors (Lipinski definition) is 6. The lowest BCUT2D eigenvalue weighted by Crippen LogP contribution is -2.42. The normalized spacial score (nSPS) is 13.1. The summed E-state index contributed by atoms with van der Waals surface area (Å²) in [6.45, 7) is 0.610. The Morgan fingerprint density at radius 1 is 1.08 bits per heavy atom. The van der Waals surface area contributed by atoms with Crippen LogP contribution < -0.4 is 20.1 Å². The lowest BCUT2D eigenvalue weighted by molar-refractivity contribution is -0.108. The Morgan fingerprint density at radius 2 is 1.86 bits per heavy atom. The number of para-hydroxylation sites is 1. The number of nitrogens with zero attached hydrogens (tertiary/aromatic N) is 2. The summed E-state index contributed by atoms with van der Waals surface area (Å²) in [5, 5.41) is 5.76. The van der Waals surface area contributed by atoms with Crippen LogP contribution in [-0.4, -0.2) is 41.9 Å². The Kier molecular flexibility index (Phi) is 6.67. The average molecular weight is 497 g/mol. The quantitative estimate of drug-likeness (QED) is 0.354. The first-order chi connectivity index (χ1) is 18.1. The Hall–Kier alpha value is -4.92. The number of hydrogen-bond donors (Lipinski definition) is 2. The maximum absolute atomic E-state index is 13.1. The summed E-state index contributed by atoms with van der Waals surface area (Å²) < 4.78 is 11.3. The molecule has 0 spiro atoms. The standard InChI is InChI=1S/C28H24N4O5/c1-36-21-11-8-19-15-32(27(34)23(19)14-21)16-25(31-28(35)30-17-33)18-6-9-20(10-7-18)37-26-12-13-29-24-5-3-2-4-22(24)26/h2-14,17,25H,15-16H2,1H3,(H2,30,31,33,35)/t25-/m0/s1. The maximum Gasteiger partial charge on any atom is 0.321 e. The van der Waals surface area contributed by atoms with Gasteiger partial charge >= 0.3 is 6.03 Å². The maximum atomic E-state index is 13.1. The molecule has 9 heteroatoms. The van der Waals surface area contributed by atoms with Gasteiger partial charge in [0.2, 0.25) is 6.41 Å². The van der Waals surface area contributed by atoms with Gasteiger partial charge in [0, 0.05) is 30.2 Å². The molecule has 0 saturated carbocycles. The van der Waals surface area contributed by atoms with Crippen LogP contribution in [0.5, 0.6) is 17.2 Å². The zero-order valence-electron chi connectivity index (χ0n) is 20.0. The number of pyridine rings is 1. The number of benzene rings is 3. The molecule has 0 saturated heterocycles. The third kappa shape index (κ3) is 5.06. The van der Waals surface area contributed by atoms with Gasteiger partial charge in [-0.15, -0.1) is 0 Å². The molecule has 37 heavy (non-hydrogen) atoms. The van der Waals surface area contributed by atoms with Crippen molar-refractivity contribution in [2.75, 3.05) is 13.7 Å². The van der Waals surface area contributed by atoms with Gasteiger partial charge in [0.15, 0.2) is 0 Å². The van der Waals surface area contributed by atoms with E-state index in [1.165, 1.54) is 0 Å². The van der Waals surface area contributed by atoms with Crippen LogP contribution in [0.25, 0.3) is 10.9 Å². The first kappa shape index (κ1) is 23.8. The van der Waals surface area contributed by atoms with E-state index < -0.39 is 12.1 Å². The zero-order chi connectivity index (χ0) is 25.8. The van der Waals surface area contributed by atoms with Crippen molar-refractivity contribution in [1.82, 2.24) is 20.5 Å². The van der Waals surface area contributed by atoms with Crippen LogP contribution >= 0.6 is 0 Å². The Bertz CT molecular complexity index is 1470. The van der Waals surface area contributed by atoms with Crippen molar-refractivity contribution in [3.63, 3.8) is 0 Å². The Balaban J connectivity index is 1.36. The van der Waals surface area contributed by atoms with Crippen LogP contribution in [0.3, 0.4) is 0 Å². The molecule has 1 aromatic heterocycles. The minimum atomic E-state index is -0.658. The monoisotopic (exact) mass is 496 g/mol. The smallest absolute Gasteiger partial charge is 0.321 e. The van der Waals surface area contributed by atoms with E-state index in [1.807, 2.05) is 48.5 Å². The molecule has 0 radical (unpaired) electrons. The van der Waals surface area contributed by atoms with Gasteiger partial charge in [0.1, 0.15) is 17.2 Å². The number of carbonyl (C=O) groups excluding carboxylic acids is 3. The molecular formula is C28H24N4O5. The topological polar surface area (TPSA) is 110 Å². The Labute approximate surface area is 213 Å². The highest BCUT2D eigenvalue weighted by Gasteiger charge is 2.30. The second kappa shape index (κ2) is 10.4. The van der Waals surface area contributed by atoms with Crippen LogP contribution in [0.1, 0.15) is 27.5 Å².